The maximum Gasteiger partial charge on any atom is 0.222 e. The van der Waals surface area contributed by atoms with Gasteiger partial charge in [0.05, 0.1) is 12.1 Å². The van der Waals surface area contributed by atoms with E-state index in [1.54, 1.807) is 42.9 Å². The van der Waals surface area contributed by atoms with Gasteiger partial charge in [0.2, 0.25) is 5.91 Å². The zero-order chi connectivity index (χ0) is 14.0. The number of fused-ring (bicyclic) bond motifs is 1. The maximum absolute atomic E-state index is 12.2. The molecule has 0 aliphatic carbocycles. The molecule has 0 fully saturated rings. The van der Waals surface area contributed by atoms with E-state index >= 15 is 0 Å². The van der Waals surface area contributed by atoms with Gasteiger partial charge in [-0.1, -0.05) is 6.92 Å². The fourth-order valence-corrected chi connectivity index (χ4v) is 2.03. The molecule has 0 atom stereocenters. The fraction of sp³-hybridized carbons (Fsp3) is 0.286. The molecule has 100 valence electrons. The second-order valence-corrected chi connectivity index (χ2v) is 4.41. The quantitative estimate of drug-likeness (QED) is 0.851. The molecule has 0 unspecified atom stereocenters. The van der Waals surface area contributed by atoms with E-state index in [1.165, 1.54) is 11.0 Å². The minimum atomic E-state index is -0.187. The number of carbonyl (C=O) groups is 2. The first-order valence-corrected chi connectivity index (χ1v) is 6.10. The van der Waals surface area contributed by atoms with Crippen molar-refractivity contribution in [2.24, 2.45) is 0 Å². The molecule has 0 saturated heterocycles. The SMILES string of the molecule is CCC(=O)N(C)CC(=O)c1ccn2cccc(O)c12. The minimum absolute atomic E-state index is 0.0146. The second kappa shape index (κ2) is 5.14. The van der Waals surface area contributed by atoms with Crippen molar-refractivity contribution in [1.29, 1.82) is 0 Å². The summed E-state index contributed by atoms with van der Waals surface area (Å²) in [7, 11) is 1.60. The third kappa shape index (κ3) is 2.45. The Kier molecular flexibility index (Phi) is 3.55. The summed E-state index contributed by atoms with van der Waals surface area (Å²) >= 11 is 0. The topological polar surface area (TPSA) is 62.0 Å². The van der Waals surface area contributed by atoms with Gasteiger partial charge in [-0.3, -0.25) is 9.59 Å². The molecule has 0 aromatic carbocycles. The van der Waals surface area contributed by atoms with Crippen molar-refractivity contribution in [1.82, 2.24) is 9.30 Å². The number of rotatable bonds is 4. The monoisotopic (exact) mass is 260 g/mol. The lowest BCUT2D eigenvalue weighted by Gasteiger charge is -2.14. The number of nitrogens with zero attached hydrogens (tertiary/aromatic N) is 2. The van der Waals surface area contributed by atoms with E-state index in [0.717, 1.165) is 0 Å². The fourth-order valence-electron chi connectivity index (χ4n) is 2.03. The van der Waals surface area contributed by atoms with Crippen LogP contribution in [0.2, 0.25) is 0 Å². The third-order valence-corrected chi connectivity index (χ3v) is 3.07. The van der Waals surface area contributed by atoms with Crippen LogP contribution in [-0.2, 0) is 4.79 Å². The van der Waals surface area contributed by atoms with Crippen LogP contribution in [0, 0.1) is 0 Å². The van der Waals surface area contributed by atoms with Gasteiger partial charge in [-0.2, -0.15) is 0 Å². The van der Waals surface area contributed by atoms with Crippen LogP contribution in [0.5, 0.6) is 5.75 Å². The lowest BCUT2D eigenvalue weighted by Crippen LogP contribution is -2.31. The molecule has 2 heterocycles. The van der Waals surface area contributed by atoms with Crippen molar-refractivity contribution >= 4 is 17.2 Å². The Morgan fingerprint density at radius 3 is 2.74 bits per heavy atom. The molecular weight excluding hydrogens is 244 g/mol. The van der Waals surface area contributed by atoms with Crippen LogP contribution in [0.3, 0.4) is 0 Å². The van der Waals surface area contributed by atoms with Gasteiger partial charge in [-0.05, 0) is 18.2 Å². The molecule has 2 rings (SSSR count). The Morgan fingerprint density at radius 1 is 1.32 bits per heavy atom. The molecule has 0 radical (unpaired) electrons. The van der Waals surface area contributed by atoms with Crippen molar-refractivity contribution in [3.8, 4) is 5.75 Å². The highest BCUT2D eigenvalue weighted by atomic mass is 16.3. The molecule has 19 heavy (non-hydrogen) atoms. The van der Waals surface area contributed by atoms with Gasteiger partial charge in [0.25, 0.3) is 0 Å². The van der Waals surface area contributed by atoms with E-state index in [1.807, 2.05) is 0 Å². The van der Waals surface area contributed by atoms with Crippen LogP contribution in [0.4, 0.5) is 0 Å². The highest BCUT2D eigenvalue weighted by Gasteiger charge is 2.17. The van der Waals surface area contributed by atoms with Crippen molar-refractivity contribution in [3.63, 3.8) is 0 Å². The van der Waals surface area contributed by atoms with Gasteiger partial charge >= 0.3 is 0 Å². The summed E-state index contributed by atoms with van der Waals surface area (Å²) in [6, 6.07) is 4.89. The van der Waals surface area contributed by atoms with Gasteiger partial charge in [0, 0.05) is 31.4 Å². The van der Waals surface area contributed by atoms with Crippen molar-refractivity contribution < 1.29 is 14.7 Å². The third-order valence-electron chi connectivity index (χ3n) is 3.07. The van der Waals surface area contributed by atoms with Gasteiger partial charge in [-0.25, -0.2) is 0 Å². The zero-order valence-corrected chi connectivity index (χ0v) is 11.0. The van der Waals surface area contributed by atoms with E-state index in [0.29, 0.717) is 17.5 Å². The minimum Gasteiger partial charge on any atom is -0.506 e. The maximum atomic E-state index is 12.2. The summed E-state index contributed by atoms with van der Waals surface area (Å²) in [5.41, 5.74) is 0.902. The molecule has 0 saturated carbocycles. The number of likely N-dealkylation sites (N-methyl/N-ethyl adjacent to an activating group) is 1. The number of hydrogen-bond acceptors (Lipinski definition) is 3. The zero-order valence-electron chi connectivity index (χ0n) is 11.0. The van der Waals surface area contributed by atoms with Gasteiger partial charge < -0.3 is 14.4 Å². The smallest absolute Gasteiger partial charge is 0.222 e. The average Bonchev–Trinajstić information content (AvgIpc) is 2.83. The molecule has 5 nitrogen and oxygen atoms in total. The molecule has 1 amide bonds. The first kappa shape index (κ1) is 13.1. The summed E-state index contributed by atoms with van der Waals surface area (Å²) in [5.74, 6) is -0.213. The van der Waals surface area contributed by atoms with Crippen LogP contribution < -0.4 is 0 Å². The predicted octanol–water partition coefficient (Wildman–Crippen LogP) is 1.70. The van der Waals surface area contributed by atoms with E-state index in [2.05, 4.69) is 0 Å². The second-order valence-electron chi connectivity index (χ2n) is 4.41. The number of ketones is 1. The summed E-state index contributed by atoms with van der Waals surface area (Å²) < 4.78 is 1.68. The van der Waals surface area contributed by atoms with Gasteiger partial charge in [0.15, 0.2) is 5.78 Å². The number of pyridine rings is 1. The number of aromatic hydroxyl groups is 1. The molecule has 0 bridgehead atoms. The normalized spacial score (nSPS) is 10.6. The number of hydrogen-bond donors (Lipinski definition) is 1. The number of aromatic nitrogens is 1. The van der Waals surface area contributed by atoms with Gasteiger partial charge in [0.1, 0.15) is 5.75 Å². The highest BCUT2D eigenvalue weighted by Crippen LogP contribution is 2.23. The summed E-state index contributed by atoms with van der Waals surface area (Å²) in [4.78, 5) is 25.0. The van der Waals surface area contributed by atoms with E-state index < -0.39 is 0 Å². The largest absolute Gasteiger partial charge is 0.506 e. The summed E-state index contributed by atoms with van der Waals surface area (Å²) in [6.07, 6.45) is 3.84. The molecule has 0 spiro atoms. The number of Topliss-reactive ketones (excluding diaryl/α,β-unsaturated/α-hetero) is 1. The molecule has 2 aromatic rings. The van der Waals surface area contributed by atoms with E-state index in [9.17, 15) is 14.7 Å². The lowest BCUT2D eigenvalue weighted by atomic mass is 10.1. The average molecular weight is 260 g/mol. The molecule has 5 heteroatoms. The lowest BCUT2D eigenvalue weighted by molar-refractivity contribution is -0.129. The van der Waals surface area contributed by atoms with Crippen molar-refractivity contribution in [3.05, 3.63) is 36.2 Å². The molecular formula is C14H16N2O3. The molecule has 0 aliphatic heterocycles. The van der Waals surface area contributed by atoms with Crippen LogP contribution in [0.25, 0.3) is 5.52 Å². The van der Waals surface area contributed by atoms with Crippen LogP contribution in [0.1, 0.15) is 23.7 Å². The van der Waals surface area contributed by atoms with E-state index in [-0.39, 0.29) is 24.0 Å². The summed E-state index contributed by atoms with van der Waals surface area (Å²) in [6.45, 7) is 1.77. The van der Waals surface area contributed by atoms with Crippen LogP contribution >= 0.6 is 0 Å². The van der Waals surface area contributed by atoms with Gasteiger partial charge in [-0.15, -0.1) is 0 Å². The Morgan fingerprint density at radius 2 is 2.05 bits per heavy atom. The van der Waals surface area contributed by atoms with Crippen LogP contribution in [0.15, 0.2) is 30.6 Å². The standard InChI is InChI=1S/C14H16N2O3/c1-3-13(19)15(2)9-12(18)10-6-8-16-7-4-5-11(17)14(10)16/h4-8,17H,3,9H2,1-2H3. The first-order valence-electron chi connectivity index (χ1n) is 6.10. The number of carbonyl (C=O) groups excluding carboxylic acids is 2. The Balaban J connectivity index is 2.30. The molecule has 1 N–H and O–H groups in total. The predicted molar refractivity (Wildman–Crippen MR) is 71.3 cm³/mol. The molecule has 0 aliphatic rings. The van der Waals surface area contributed by atoms with E-state index in [4.69, 9.17) is 0 Å². The molecule has 2 aromatic heterocycles. The number of amides is 1. The van der Waals surface area contributed by atoms with Crippen LogP contribution in [-0.4, -0.2) is 39.7 Å². The Hall–Kier alpha value is -2.30. The van der Waals surface area contributed by atoms with Crippen molar-refractivity contribution in [2.45, 2.75) is 13.3 Å². The Labute approximate surface area is 111 Å². The van der Waals surface area contributed by atoms with Crippen molar-refractivity contribution in [2.75, 3.05) is 13.6 Å². The Bertz CT molecular complexity index is 631. The highest BCUT2D eigenvalue weighted by molar-refractivity contribution is 6.06. The first-order chi connectivity index (χ1) is 9.04. The summed E-state index contributed by atoms with van der Waals surface area (Å²) in [5, 5.41) is 9.83.